The molecule has 3 aliphatic heterocycles. The number of carbonyl (C=O) groups excluding carboxylic acids is 1. The van der Waals surface area contributed by atoms with Gasteiger partial charge in [0.05, 0.1) is 13.2 Å². The average Bonchev–Trinajstić information content (AvgIpc) is 3.45. The molecular weight excluding hydrogens is 560 g/mol. The lowest BCUT2D eigenvalue weighted by molar-refractivity contribution is -0.352. The quantitative estimate of drug-likeness (QED) is 0.109. The first-order valence-electron chi connectivity index (χ1n) is 14.8. The Morgan fingerprint density at radius 3 is 2.33 bits per heavy atom. The molecule has 3 saturated heterocycles. The van der Waals surface area contributed by atoms with Crippen LogP contribution in [-0.2, 0) is 47.4 Å². The van der Waals surface area contributed by atoms with Crippen LogP contribution in [0.4, 0.5) is 0 Å². The second kappa shape index (κ2) is 15.8. The summed E-state index contributed by atoms with van der Waals surface area (Å²) in [6.45, 7) is 8.31. The van der Waals surface area contributed by atoms with Crippen molar-refractivity contribution < 1.29 is 67.9 Å². The number of unbranched alkanes of at least 4 members (excludes halogenated alkanes) is 4. The van der Waals surface area contributed by atoms with Crippen molar-refractivity contribution in [1.82, 2.24) is 0 Å². The molecule has 0 aromatic rings. The molecule has 42 heavy (non-hydrogen) atoms. The molecule has 0 spiro atoms. The number of ether oxygens (including phenoxy) is 9. The van der Waals surface area contributed by atoms with Crippen LogP contribution in [0.3, 0.4) is 0 Å². The monoisotopic (exact) mass is 610 g/mol. The van der Waals surface area contributed by atoms with Gasteiger partial charge in [-0.1, -0.05) is 32.6 Å². The van der Waals surface area contributed by atoms with Gasteiger partial charge in [0.1, 0.15) is 49.5 Å². The Kier molecular flexibility index (Phi) is 13.4. The van der Waals surface area contributed by atoms with Gasteiger partial charge >= 0.3 is 5.97 Å². The van der Waals surface area contributed by atoms with E-state index in [-0.39, 0.29) is 19.8 Å². The van der Waals surface area contributed by atoms with Gasteiger partial charge in [0.25, 0.3) is 0 Å². The van der Waals surface area contributed by atoms with Gasteiger partial charge in [0.2, 0.25) is 6.29 Å². The summed E-state index contributed by atoms with van der Waals surface area (Å²) in [4.78, 5) is 12.6. The fourth-order valence-corrected chi connectivity index (χ4v) is 5.31. The summed E-state index contributed by atoms with van der Waals surface area (Å²) in [7, 11) is 1.40. The van der Waals surface area contributed by atoms with E-state index in [0.717, 1.165) is 25.7 Å². The van der Waals surface area contributed by atoms with Crippen LogP contribution >= 0.6 is 0 Å². The zero-order valence-corrected chi connectivity index (χ0v) is 25.5. The number of aliphatic hydroxyl groups excluding tert-OH is 4. The minimum atomic E-state index is -1.80. The van der Waals surface area contributed by atoms with E-state index >= 15 is 0 Å². The van der Waals surface area contributed by atoms with Crippen molar-refractivity contribution in [3.8, 4) is 0 Å². The minimum absolute atomic E-state index is 0.0884. The maximum Gasteiger partial charge on any atom is 0.306 e. The van der Waals surface area contributed by atoms with Crippen LogP contribution in [0.15, 0.2) is 0 Å². The molecule has 14 heteroatoms. The third kappa shape index (κ3) is 9.49. The molecule has 3 heterocycles. The summed E-state index contributed by atoms with van der Waals surface area (Å²) >= 11 is 0. The molecular formula is C28H50O14. The summed E-state index contributed by atoms with van der Waals surface area (Å²) in [6.07, 6.45) is -8.31. The summed E-state index contributed by atoms with van der Waals surface area (Å²) in [6, 6.07) is 0. The zero-order chi connectivity index (χ0) is 31.1. The maximum absolute atomic E-state index is 12.6. The molecule has 14 nitrogen and oxygen atoms in total. The average molecular weight is 611 g/mol. The highest BCUT2D eigenvalue weighted by molar-refractivity contribution is 5.69. The van der Waals surface area contributed by atoms with Crippen molar-refractivity contribution in [3.05, 3.63) is 0 Å². The molecule has 0 radical (unpaired) electrons. The van der Waals surface area contributed by atoms with E-state index in [1.165, 1.54) is 7.11 Å². The summed E-state index contributed by atoms with van der Waals surface area (Å²) in [5, 5.41) is 42.3. The van der Waals surface area contributed by atoms with E-state index in [9.17, 15) is 25.2 Å². The van der Waals surface area contributed by atoms with Gasteiger partial charge in [-0.05, 0) is 34.1 Å². The van der Waals surface area contributed by atoms with E-state index in [0.29, 0.717) is 6.42 Å². The molecule has 246 valence electrons. The maximum atomic E-state index is 12.6. The molecule has 0 aromatic carbocycles. The van der Waals surface area contributed by atoms with Crippen molar-refractivity contribution in [2.75, 3.05) is 27.1 Å². The lowest BCUT2D eigenvalue weighted by Gasteiger charge is -2.42. The Morgan fingerprint density at radius 2 is 1.71 bits per heavy atom. The van der Waals surface area contributed by atoms with Gasteiger partial charge in [-0.3, -0.25) is 4.79 Å². The van der Waals surface area contributed by atoms with Crippen LogP contribution in [0.2, 0.25) is 0 Å². The summed E-state index contributed by atoms with van der Waals surface area (Å²) in [5.41, 5.74) is 0. The zero-order valence-electron chi connectivity index (χ0n) is 25.5. The summed E-state index contributed by atoms with van der Waals surface area (Å²) < 4.78 is 51.7. The molecule has 0 amide bonds. The van der Waals surface area contributed by atoms with E-state index in [1.807, 2.05) is 0 Å². The lowest BCUT2D eigenvalue weighted by atomic mass is 9.98. The lowest BCUT2D eigenvalue weighted by Crippen LogP contribution is -2.62. The summed E-state index contributed by atoms with van der Waals surface area (Å²) in [5.74, 6) is -2.57. The van der Waals surface area contributed by atoms with Crippen LogP contribution in [0, 0.1) is 0 Å². The predicted molar refractivity (Wildman–Crippen MR) is 144 cm³/mol. The number of carbonyl (C=O) groups is 1. The number of esters is 1. The van der Waals surface area contributed by atoms with E-state index < -0.39 is 85.6 Å². The van der Waals surface area contributed by atoms with Crippen LogP contribution in [0.5, 0.6) is 0 Å². The first-order chi connectivity index (χ1) is 19.8. The number of rotatable bonds is 16. The molecule has 0 saturated carbocycles. The second-order valence-electron chi connectivity index (χ2n) is 11.8. The largest absolute Gasteiger partial charge is 0.454 e. The molecule has 1 unspecified atom stereocenters. The van der Waals surface area contributed by atoms with Crippen molar-refractivity contribution in [3.63, 3.8) is 0 Å². The van der Waals surface area contributed by atoms with Gasteiger partial charge in [-0.15, -0.1) is 0 Å². The number of aliphatic hydroxyl groups is 4. The fraction of sp³-hybridized carbons (Fsp3) is 0.964. The minimum Gasteiger partial charge on any atom is -0.454 e. The normalized spacial score (nSPS) is 35.7. The molecule has 3 fully saturated rings. The van der Waals surface area contributed by atoms with Gasteiger partial charge in [0, 0.05) is 13.5 Å². The molecule has 10 atom stereocenters. The highest BCUT2D eigenvalue weighted by Gasteiger charge is 2.55. The first-order valence-corrected chi connectivity index (χ1v) is 14.8. The predicted octanol–water partition coefficient (Wildman–Crippen LogP) is 0.693. The van der Waals surface area contributed by atoms with E-state index in [1.54, 1.807) is 27.7 Å². The third-order valence-electron chi connectivity index (χ3n) is 7.39. The Bertz CT molecular complexity index is 824. The van der Waals surface area contributed by atoms with Crippen molar-refractivity contribution in [2.45, 2.75) is 146 Å². The van der Waals surface area contributed by atoms with Crippen molar-refractivity contribution >= 4 is 5.97 Å². The molecule has 0 bridgehead atoms. The van der Waals surface area contributed by atoms with Gasteiger partial charge in [-0.25, -0.2) is 0 Å². The smallest absolute Gasteiger partial charge is 0.306 e. The van der Waals surface area contributed by atoms with Gasteiger partial charge in [-0.2, -0.15) is 0 Å². The first kappa shape index (κ1) is 35.5. The number of hydrogen-bond donors (Lipinski definition) is 4. The molecule has 3 rings (SSSR count). The molecule has 4 N–H and O–H groups in total. The van der Waals surface area contributed by atoms with Crippen LogP contribution in [0.1, 0.15) is 73.1 Å². The van der Waals surface area contributed by atoms with Crippen LogP contribution in [0.25, 0.3) is 0 Å². The Labute approximate surface area is 247 Å². The van der Waals surface area contributed by atoms with Crippen LogP contribution in [-0.4, -0.2) is 126 Å². The number of methoxy groups -OCH3 is 1. The second-order valence-corrected chi connectivity index (χ2v) is 11.8. The van der Waals surface area contributed by atoms with Crippen LogP contribution < -0.4 is 0 Å². The van der Waals surface area contributed by atoms with E-state index in [2.05, 4.69) is 6.92 Å². The highest BCUT2D eigenvalue weighted by atomic mass is 16.8. The Balaban J connectivity index is 1.77. The van der Waals surface area contributed by atoms with Gasteiger partial charge in [0.15, 0.2) is 24.0 Å². The Morgan fingerprint density at radius 1 is 1.00 bits per heavy atom. The molecule has 0 aromatic heterocycles. The van der Waals surface area contributed by atoms with Crippen molar-refractivity contribution in [2.24, 2.45) is 0 Å². The molecule has 0 aliphatic carbocycles. The standard InChI is InChI=1S/C28H50O14/c1-7-8-9-10-11-12-18(30)38-22-20(32)19(31)16(13-29)37-26(22)39-25(33)24(35-15-34-6)23-21(41-28(4,5)42-23)17-14-36-27(2,3)40-17/h16-17,19-26,29,31-33H,7-15H2,1-6H3/t16-,17+,19-,20+,21-,22+,23+,24+,25?,26+/m1/s1. The number of hydrogen-bond acceptors (Lipinski definition) is 14. The molecule has 3 aliphatic rings. The highest BCUT2D eigenvalue weighted by Crippen LogP contribution is 2.38. The van der Waals surface area contributed by atoms with Gasteiger partial charge < -0.3 is 63.1 Å². The SMILES string of the molecule is CCCCCCCC(=O)O[C@@H]1[C@H](OC(O)[C@@H](OCOC)[C@H]2OC(C)(C)O[C@@H]2[C@@H]2COC(C)(C)O2)O[C@H](CO)[C@@H](O)[C@@H]1O. The fourth-order valence-electron chi connectivity index (χ4n) is 5.31. The van der Waals surface area contributed by atoms with Crippen molar-refractivity contribution in [1.29, 1.82) is 0 Å². The topological polar surface area (TPSA) is 181 Å². The third-order valence-corrected chi connectivity index (χ3v) is 7.39. The van der Waals surface area contributed by atoms with E-state index in [4.69, 9.17) is 42.6 Å². The Hall–Kier alpha value is -1.01.